The van der Waals surface area contributed by atoms with E-state index in [1.807, 2.05) is 30.3 Å². The highest BCUT2D eigenvalue weighted by atomic mass is 19.1. The van der Waals surface area contributed by atoms with Gasteiger partial charge in [-0.15, -0.1) is 0 Å². The van der Waals surface area contributed by atoms with Gasteiger partial charge in [0.25, 0.3) is 0 Å². The summed E-state index contributed by atoms with van der Waals surface area (Å²) in [6.07, 6.45) is 3.81. The van der Waals surface area contributed by atoms with E-state index in [9.17, 15) is 18.8 Å². The molecule has 2 aromatic rings. The molecule has 2 unspecified atom stereocenters. The van der Waals surface area contributed by atoms with Crippen molar-refractivity contribution in [2.45, 2.75) is 30.9 Å². The molecule has 2 aromatic carbocycles. The summed E-state index contributed by atoms with van der Waals surface area (Å²) in [5.41, 5.74) is 1.73. The molecule has 3 aliphatic rings. The highest BCUT2D eigenvalue weighted by Gasteiger charge is 2.50. The van der Waals surface area contributed by atoms with Gasteiger partial charge in [0.15, 0.2) is 0 Å². The number of carbonyl (C=O) groups is 3. The normalized spacial score (nSPS) is 22.8. The number of benzene rings is 2. The van der Waals surface area contributed by atoms with Crippen molar-refractivity contribution in [2.24, 2.45) is 5.92 Å². The Balaban J connectivity index is 0.000000368. The first-order chi connectivity index (χ1) is 18.3. The lowest BCUT2D eigenvalue weighted by atomic mass is 9.85. The van der Waals surface area contributed by atoms with Crippen LogP contribution in [0.4, 0.5) is 10.1 Å². The Labute approximate surface area is 220 Å². The lowest BCUT2D eigenvalue weighted by Crippen LogP contribution is -2.56. The molecule has 0 saturated carbocycles. The van der Waals surface area contributed by atoms with E-state index in [0.29, 0.717) is 24.7 Å². The van der Waals surface area contributed by atoms with Crippen molar-refractivity contribution in [1.29, 1.82) is 0 Å². The number of para-hydroxylation sites is 1. The topological polar surface area (TPSA) is 119 Å². The predicted molar refractivity (Wildman–Crippen MR) is 138 cm³/mol. The molecule has 3 N–H and O–H groups in total. The monoisotopic (exact) mass is 525 g/mol. The molecule has 1 amide bonds. The van der Waals surface area contributed by atoms with Crippen molar-refractivity contribution in [3.8, 4) is 0 Å². The molecule has 3 fully saturated rings. The second-order valence-corrected chi connectivity index (χ2v) is 9.74. The molecule has 3 aliphatic heterocycles. The van der Waals surface area contributed by atoms with Gasteiger partial charge in [-0.2, -0.15) is 0 Å². The van der Waals surface area contributed by atoms with Gasteiger partial charge in [-0.05, 0) is 55.0 Å². The van der Waals surface area contributed by atoms with Crippen LogP contribution in [0.15, 0.2) is 66.7 Å². The maximum atomic E-state index is 13.2. The number of hydrogen-bond donors (Lipinski definition) is 3. The number of nitrogens with zero attached hydrogens (tertiary/aromatic N) is 2. The van der Waals surface area contributed by atoms with Crippen LogP contribution in [0.1, 0.15) is 30.9 Å². The number of hydrogen-bond acceptors (Lipinski definition) is 6. The fourth-order valence-corrected chi connectivity index (χ4v) is 5.37. The van der Waals surface area contributed by atoms with Crippen molar-refractivity contribution in [3.05, 3.63) is 78.1 Å². The Bertz CT molecular complexity index is 1130. The van der Waals surface area contributed by atoms with Crippen LogP contribution in [0.5, 0.6) is 0 Å². The second kappa shape index (κ2) is 12.2. The summed E-state index contributed by atoms with van der Waals surface area (Å²) in [4.78, 5) is 36.6. The Morgan fingerprint density at radius 1 is 1.03 bits per heavy atom. The van der Waals surface area contributed by atoms with Crippen molar-refractivity contribution in [2.75, 3.05) is 37.8 Å². The molecule has 5 rings (SSSR count). The minimum atomic E-state index is -1.26. The number of halogens is 1. The number of rotatable bonds is 6. The quantitative estimate of drug-likeness (QED) is 0.493. The standard InChI is InChI=1S/C24H28FN3O2.C4H4O4/c25-20-8-6-19(7-9-20)22-14-18(16-30-22)15-27-12-10-24(11-13-27)23(29)26-17-28(24)21-4-2-1-3-5-21;5-3(6)1-2-4(7)8/h1-9,18,22H,10-17H2,(H,26,29);1-2H,(H,5,6)(H,7,8)/b;2-1-. The summed E-state index contributed by atoms with van der Waals surface area (Å²) in [6, 6.07) is 16.9. The number of piperidine rings is 1. The fourth-order valence-electron chi connectivity index (χ4n) is 5.37. The molecule has 38 heavy (non-hydrogen) atoms. The molecule has 0 radical (unpaired) electrons. The zero-order chi connectivity index (χ0) is 27.1. The molecular weight excluding hydrogens is 493 g/mol. The van der Waals surface area contributed by atoms with Gasteiger partial charge in [0.1, 0.15) is 11.4 Å². The van der Waals surface area contributed by atoms with E-state index in [-0.39, 0.29) is 17.8 Å². The van der Waals surface area contributed by atoms with Crippen LogP contribution in [0.3, 0.4) is 0 Å². The Hall–Kier alpha value is -3.76. The lowest BCUT2D eigenvalue weighted by molar-refractivity contribution is -0.134. The first-order valence-electron chi connectivity index (χ1n) is 12.6. The molecule has 0 aromatic heterocycles. The number of anilines is 1. The van der Waals surface area contributed by atoms with Gasteiger partial charge in [-0.25, -0.2) is 14.0 Å². The molecule has 0 bridgehead atoms. The maximum absolute atomic E-state index is 13.2. The minimum absolute atomic E-state index is 0.0564. The van der Waals surface area contributed by atoms with E-state index in [1.54, 1.807) is 0 Å². The lowest BCUT2D eigenvalue weighted by Gasteiger charge is -2.43. The Morgan fingerprint density at radius 3 is 2.26 bits per heavy atom. The highest BCUT2D eigenvalue weighted by molar-refractivity contribution is 5.93. The number of amides is 1. The van der Waals surface area contributed by atoms with Crippen LogP contribution in [0, 0.1) is 11.7 Å². The summed E-state index contributed by atoms with van der Waals surface area (Å²) in [6.45, 7) is 4.13. The van der Waals surface area contributed by atoms with Gasteiger partial charge in [-0.3, -0.25) is 4.79 Å². The van der Waals surface area contributed by atoms with Gasteiger partial charge in [0.2, 0.25) is 5.91 Å². The second-order valence-electron chi connectivity index (χ2n) is 9.74. The zero-order valence-corrected chi connectivity index (χ0v) is 21.0. The Morgan fingerprint density at radius 2 is 1.66 bits per heavy atom. The van der Waals surface area contributed by atoms with Gasteiger partial charge in [0, 0.05) is 37.5 Å². The maximum Gasteiger partial charge on any atom is 0.328 e. The zero-order valence-electron chi connectivity index (χ0n) is 21.0. The van der Waals surface area contributed by atoms with Crippen LogP contribution in [-0.2, 0) is 19.1 Å². The number of aliphatic carboxylic acids is 2. The van der Waals surface area contributed by atoms with E-state index < -0.39 is 17.5 Å². The van der Waals surface area contributed by atoms with E-state index in [4.69, 9.17) is 14.9 Å². The van der Waals surface area contributed by atoms with E-state index >= 15 is 0 Å². The summed E-state index contributed by atoms with van der Waals surface area (Å²) in [5, 5.41) is 18.7. The molecule has 202 valence electrons. The summed E-state index contributed by atoms with van der Waals surface area (Å²) in [7, 11) is 0. The molecule has 3 saturated heterocycles. The van der Waals surface area contributed by atoms with Crippen molar-refractivity contribution >= 4 is 23.5 Å². The third-order valence-electron chi connectivity index (χ3n) is 7.30. The predicted octanol–water partition coefficient (Wildman–Crippen LogP) is 3.04. The number of likely N-dealkylation sites (tertiary alicyclic amines) is 1. The smallest absolute Gasteiger partial charge is 0.328 e. The van der Waals surface area contributed by atoms with Gasteiger partial charge in [0.05, 0.1) is 19.4 Å². The van der Waals surface area contributed by atoms with E-state index in [1.165, 1.54) is 12.1 Å². The molecule has 0 aliphatic carbocycles. The number of carboxylic acids is 2. The average molecular weight is 526 g/mol. The number of ether oxygens (including phenoxy) is 1. The van der Waals surface area contributed by atoms with Gasteiger partial charge < -0.3 is 30.1 Å². The van der Waals surface area contributed by atoms with E-state index in [2.05, 4.69) is 27.2 Å². The largest absolute Gasteiger partial charge is 0.478 e. The molecule has 10 heteroatoms. The van der Waals surface area contributed by atoms with E-state index in [0.717, 1.165) is 56.8 Å². The average Bonchev–Trinajstić information content (AvgIpc) is 3.50. The number of nitrogens with one attached hydrogen (secondary N) is 1. The SMILES string of the molecule is O=C(O)/C=C\C(=O)O.O=C1NCN(c2ccccc2)C12CCN(CC1COC(c3ccc(F)cc3)C1)CC2. The molecule has 3 heterocycles. The third kappa shape index (κ3) is 6.56. The van der Waals surface area contributed by atoms with Crippen molar-refractivity contribution in [1.82, 2.24) is 10.2 Å². The van der Waals surface area contributed by atoms with Crippen molar-refractivity contribution < 1.29 is 33.7 Å². The van der Waals surface area contributed by atoms with Gasteiger partial charge in [-0.1, -0.05) is 30.3 Å². The van der Waals surface area contributed by atoms with Crippen LogP contribution in [-0.4, -0.2) is 71.4 Å². The van der Waals surface area contributed by atoms with Crippen LogP contribution >= 0.6 is 0 Å². The van der Waals surface area contributed by atoms with Crippen LogP contribution in [0.2, 0.25) is 0 Å². The first-order valence-corrected chi connectivity index (χ1v) is 12.6. The Kier molecular flexibility index (Phi) is 8.75. The summed E-state index contributed by atoms with van der Waals surface area (Å²) < 4.78 is 19.2. The molecule has 2 atom stereocenters. The van der Waals surface area contributed by atoms with Crippen LogP contribution in [0.25, 0.3) is 0 Å². The van der Waals surface area contributed by atoms with Gasteiger partial charge >= 0.3 is 11.9 Å². The number of carbonyl (C=O) groups excluding carboxylic acids is 1. The van der Waals surface area contributed by atoms with Crippen LogP contribution < -0.4 is 10.2 Å². The fraction of sp³-hybridized carbons (Fsp3) is 0.393. The molecule has 9 nitrogen and oxygen atoms in total. The summed E-state index contributed by atoms with van der Waals surface area (Å²) in [5.74, 6) is -2.10. The first kappa shape index (κ1) is 27.3. The summed E-state index contributed by atoms with van der Waals surface area (Å²) >= 11 is 0. The number of carboxylic acid groups (broad SMARTS) is 2. The third-order valence-corrected chi connectivity index (χ3v) is 7.30. The molecular formula is C28H32FN3O6. The van der Waals surface area contributed by atoms with Crippen molar-refractivity contribution in [3.63, 3.8) is 0 Å². The minimum Gasteiger partial charge on any atom is -0.478 e. The highest BCUT2D eigenvalue weighted by Crippen LogP contribution is 2.38. The molecule has 1 spiro atoms.